The standard InChI is InChI=1S/C12H13N3O3/c1-13-5-4-10(16)14-7-2-3-8-9(6-7)12(18)15-11(8)17/h2-3,6,13H,4-5H2,1H3,(H,14,16)(H,15,17,18). The number of hydrogen-bond donors (Lipinski definition) is 3. The first-order chi connectivity index (χ1) is 8.61. The van der Waals surface area contributed by atoms with Crippen molar-refractivity contribution < 1.29 is 14.4 Å². The number of benzene rings is 1. The zero-order valence-corrected chi connectivity index (χ0v) is 9.87. The Morgan fingerprint density at radius 1 is 1.22 bits per heavy atom. The quantitative estimate of drug-likeness (QED) is 0.659. The minimum Gasteiger partial charge on any atom is -0.326 e. The SMILES string of the molecule is CNCCC(=O)Nc1ccc2c(c1)C(=O)NC2=O. The number of hydrogen-bond acceptors (Lipinski definition) is 4. The number of fused-ring (bicyclic) bond motifs is 1. The van der Waals surface area contributed by atoms with Crippen LogP contribution in [0.25, 0.3) is 0 Å². The predicted octanol–water partition coefficient (Wildman–Crippen LogP) is 0.118. The fraction of sp³-hybridized carbons (Fsp3) is 0.250. The molecule has 18 heavy (non-hydrogen) atoms. The summed E-state index contributed by atoms with van der Waals surface area (Å²) >= 11 is 0. The van der Waals surface area contributed by atoms with E-state index in [0.717, 1.165) is 0 Å². The smallest absolute Gasteiger partial charge is 0.259 e. The third kappa shape index (κ3) is 2.38. The molecule has 0 saturated carbocycles. The summed E-state index contributed by atoms with van der Waals surface area (Å²) in [4.78, 5) is 34.3. The summed E-state index contributed by atoms with van der Waals surface area (Å²) in [6, 6.07) is 4.64. The minimum atomic E-state index is -0.429. The van der Waals surface area contributed by atoms with Gasteiger partial charge in [-0.15, -0.1) is 0 Å². The lowest BCUT2D eigenvalue weighted by Crippen LogP contribution is -2.20. The molecule has 0 bridgehead atoms. The van der Waals surface area contributed by atoms with Gasteiger partial charge >= 0.3 is 0 Å². The fourth-order valence-corrected chi connectivity index (χ4v) is 1.71. The summed E-state index contributed by atoms with van der Waals surface area (Å²) in [5, 5.41) is 7.74. The van der Waals surface area contributed by atoms with Crippen molar-refractivity contribution in [2.75, 3.05) is 18.9 Å². The van der Waals surface area contributed by atoms with Crippen LogP contribution in [0.3, 0.4) is 0 Å². The van der Waals surface area contributed by atoms with Gasteiger partial charge in [-0.2, -0.15) is 0 Å². The van der Waals surface area contributed by atoms with Gasteiger partial charge < -0.3 is 10.6 Å². The number of anilines is 1. The third-order valence-electron chi connectivity index (χ3n) is 2.62. The first kappa shape index (κ1) is 12.3. The number of carbonyl (C=O) groups is 3. The van der Waals surface area contributed by atoms with Gasteiger partial charge in [0.25, 0.3) is 11.8 Å². The monoisotopic (exact) mass is 247 g/mol. The Hall–Kier alpha value is -2.21. The van der Waals surface area contributed by atoms with Crippen LogP contribution in [0, 0.1) is 0 Å². The van der Waals surface area contributed by atoms with Crippen molar-refractivity contribution in [3.63, 3.8) is 0 Å². The van der Waals surface area contributed by atoms with Crippen molar-refractivity contribution in [3.05, 3.63) is 29.3 Å². The Bertz CT molecular complexity index is 525. The number of amides is 3. The Morgan fingerprint density at radius 3 is 2.67 bits per heavy atom. The molecule has 1 aromatic carbocycles. The van der Waals surface area contributed by atoms with E-state index in [-0.39, 0.29) is 5.91 Å². The molecule has 0 unspecified atom stereocenters. The average molecular weight is 247 g/mol. The van der Waals surface area contributed by atoms with Gasteiger partial charge in [-0.1, -0.05) is 0 Å². The highest BCUT2D eigenvalue weighted by molar-refractivity contribution is 6.22. The van der Waals surface area contributed by atoms with Crippen LogP contribution in [0.2, 0.25) is 0 Å². The van der Waals surface area contributed by atoms with Gasteiger partial charge in [0.2, 0.25) is 5.91 Å². The fourth-order valence-electron chi connectivity index (χ4n) is 1.71. The van der Waals surface area contributed by atoms with E-state index in [4.69, 9.17) is 0 Å². The summed E-state index contributed by atoms with van der Waals surface area (Å²) in [5.74, 6) is -0.974. The van der Waals surface area contributed by atoms with Crippen LogP contribution in [-0.2, 0) is 4.79 Å². The molecule has 6 nitrogen and oxygen atoms in total. The van der Waals surface area contributed by atoms with Crippen LogP contribution >= 0.6 is 0 Å². The topological polar surface area (TPSA) is 87.3 Å². The van der Waals surface area contributed by atoms with Gasteiger partial charge in [-0.05, 0) is 25.2 Å². The van der Waals surface area contributed by atoms with E-state index in [2.05, 4.69) is 16.0 Å². The van der Waals surface area contributed by atoms with E-state index in [9.17, 15) is 14.4 Å². The molecule has 6 heteroatoms. The van der Waals surface area contributed by atoms with Crippen LogP contribution in [0.1, 0.15) is 27.1 Å². The molecule has 1 aliphatic heterocycles. The molecule has 0 fully saturated rings. The molecule has 0 aromatic heterocycles. The van der Waals surface area contributed by atoms with Gasteiger partial charge in [-0.25, -0.2) is 0 Å². The molecule has 0 saturated heterocycles. The second kappa shape index (κ2) is 4.97. The minimum absolute atomic E-state index is 0.144. The van der Waals surface area contributed by atoms with E-state index < -0.39 is 11.8 Å². The molecule has 1 aliphatic rings. The molecular weight excluding hydrogens is 234 g/mol. The third-order valence-corrected chi connectivity index (χ3v) is 2.62. The van der Waals surface area contributed by atoms with E-state index in [1.807, 2.05) is 0 Å². The molecule has 0 aliphatic carbocycles. The number of nitrogens with one attached hydrogen (secondary N) is 3. The Kier molecular flexibility index (Phi) is 3.38. The van der Waals surface area contributed by atoms with E-state index in [1.54, 1.807) is 13.1 Å². The van der Waals surface area contributed by atoms with E-state index in [1.165, 1.54) is 12.1 Å². The first-order valence-corrected chi connectivity index (χ1v) is 5.56. The second-order valence-electron chi connectivity index (χ2n) is 3.95. The number of imide groups is 1. The molecule has 3 N–H and O–H groups in total. The second-order valence-corrected chi connectivity index (χ2v) is 3.95. The van der Waals surface area contributed by atoms with Crippen molar-refractivity contribution in [2.45, 2.75) is 6.42 Å². The lowest BCUT2D eigenvalue weighted by atomic mass is 10.1. The zero-order chi connectivity index (χ0) is 13.1. The summed E-state index contributed by atoms with van der Waals surface area (Å²) in [6.07, 6.45) is 0.346. The normalized spacial score (nSPS) is 13.2. The maximum Gasteiger partial charge on any atom is 0.259 e. The maximum absolute atomic E-state index is 11.5. The van der Waals surface area contributed by atoms with E-state index >= 15 is 0 Å². The van der Waals surface area contributed by atoms with Crippen molar-refractivity contribution in [1.82, 2.24) is 10.6 Å². The average Bonchev–Trinajstić information content (AvgIpc) is 2.62. The van der Waals surface area contributed by atoms with Gasteiger partial charge in [0.05, 0.1) is 11.1 Å². The molecule has 3 amide bonds. The molecule has 1 aromatic rings. The largest absolute Gasteiger partial charge is 0.326 e. The van der Waals surface area contributed by atoms with Gasteiger partial charge in [0, 0.05) is 18.7 Å². The Labute approximate surface area is 104 Å². The van der Waals surface area contributed by atoms with Crippen LogP contribution in [0.4, 0.5) is 5.69 Å². The summed E-state index contributed by atoms with van der Waals surface area (Å²) < 4.78 is 0. The molecule has 0 spiro atoms. The molecule has 1 heterocycles. The highest BCUT2D eigenvalue weighted by Gasteiger charge is 2.26. The number of carbonyl (C=O) groups excluding carboxylic acids is 3. The Morgan fingerprint density at radius 2 is 1.94 bits per heavy atom. The Balaban J connectivity index is 2.13. The highest BCUT2D eigenvalue weighted by Crippen LogP contribution is 2.20. The van der Waals surface area contributed by atoms with Crippen LogP contribution in [0.15, 0.2) is 18.2 Å². The van der Waals surface area contributed by atoms with Crippen molar-refractivity contribution >= 4 is 23.4 Å². The molecule has 94 valence electrons. The molecule has 0 atom stereocenters. The highest BCUT2D eigenvalue weighted by atomic mass is 16.2. The summed E-state index contributed by atoms with van der Waals surface area (Å²) in [7, 11) is 1.76. The van der Waals surface area contributed by atoms with E-state index in [0.29, 0.717) is 29.8 Å². The molecule has 0 radical (unpaired) electrons. The van der Waals surface area contributed by atoms with Gasteiger partial charge in [0.15, 0.2) is 0 Å². The van der Waals surface area contributed by atoms with Gasteiger partial charge in [0.1, 0.15) is 0 Å². The van der Waals surface area contributed by atoms with Crippen LogP contribution in [0.5, 0.6) is 0 Å². The summed E-state index contributed by atoms with van der Waals surface area (Å²) in [5.41, 5.74) is 1.15. The predicted molar refractivity (Wildman–Crippen MR) is 65.4 cm³/mol. The summed E-state index contributed by atoms with van der Waals surface area (Å²) in [6.45, 7) is 0.579. The lowest BCUT2D eigenvalue weighted by molar-refractivity contribution is -0.116. The molecular formula is C12H13N3O3. The first-order valence-electron chi connectivity index (χ1n) is 5.56. The lowest BCUT2D eigenvalue weighted by Gasteiger charge is -2.05. The van der Waals surface area contributed by atoms with Gasteiger partial charge in [-0.3, -0.25) is 19.7 Å². The maximum atomic E-state index is 11.5. The van der Waals surface area contributed by atoms with Crippen molar-refractivity contribution in [1.29, 1.82) is 0 Å². The van der Waals surface area contributed by atoms with Crippen LogP contribution < -0.4 is 16.0 Å². The molecule has 2 rings (SSSR count). The van der Waals surface area contributed by atoms with Crippen molar-refractivity contribution in [2.24, 2.45) is 0 Å². The van der Waals surface area contributed by atoms with Crippen molar-refractivity contribution in [3.8, 4) is 0 Å². The van der Waals surface area contributed by atoms with Crippen LogP contribution in [-0.4, -0.2) is 31.3 Å². The number of rotatable bonds is 4. The zero-order valence-electron chi connectivity index (χ0n) is 9.87.